The number of rotatable bonds is 14. The molecule has 0 aliphatic rings. The van der Waals surface area contributed by atoms with E-state index in [0.717, 1.165) is 12.3 Å². The first-order valence-electron chi connectivity index (χ1n) is 10.5. The maximum atomic E-state index is 5.16. The summed E-state index contributed by atoms with van der Waals surface area (Å²) >= 11 is 0. The van der Waals surface area contributed by atoms with E-state index in [4.69, 9.17) is 4.74 Å². The third kappa shape index (κ3) is 23.0. The number of ether oxygens (including phenoxy) is 1. The second-order valence-electron chi connectivity index (χ2n) is 5.47. The zero-order chi connectivity index (χ0) is 19.8. The highest BCUT2D eigenvalue weighted by Gasteiger charge is 2.02. The number of hydrogen-bond donors (Lipinski definition) is 0. The fourth-order valence-electron chi connectivity index (χ4n) is 2.23. The van der Waals surface area contributed by atoms with Crippen LogP contribution in [-0.4, -0.2) is 31.6 Å². The Kier molecular flexibility index (Phi) is 32.0. The van der Waals surface area contributed by atoms with Crippen molar-refractivity contribution in [1.82, 2.24) is 4.90 Å². The molecule has 0 aromatic rings. The molecule has 0 aromatic heterocycles. The summed E-state index contributed by atoms with van der Waals surface area (Å²) in [7, 11) is 1.67. The SMILES string of the molecule is C=C/C(=C\C=C\CN(CCCCC)CCCCCC)OC.CC.CC. The van der Waals surface area contributed by atoms with Crippen LogP contribution < -0.4 is 0 Å². The molecule has 0 heterocycles. The van der Waals surface area contributed by atoms with Crippen molar-refractivity contribution >= 4 is 0 Å². The van der Waals surface area contributed by atoms with Gasteiger partial charge in [0.25, 0.3) is 0 Å². The topological polar surface area (TPSA) is 12.5 Å². The van der Waals surface area contributed by atoms with Gasteiger partial charge in [0.2, 0.25) is 0 Å². The van der Waals surface area contributed by atoms with Gasteiger partial charge in [-0.05, 0) is 38.1 Å². The Balaban J connectivity index is -0.00000112. The molecule has 0 rings (SSSR count). The maximum Gasteiger partial charge on any atom is 0.118 e. The highest BCUT2D eigenvalue weighted by atomic mass is 16.5. The van der Waals surface area contributed by atoms with E-state index in [-0.39, 0.29) is 0 Å². The van der Waals surface area contributed by atoms with Crippen molar-refractivity contribution in [3.8, 4) is 0 Å². The molecule has 0 amide bonds. The van der Waals surface area contributed by atoms with Crippen LogP contribution in [0.2, 0.25) is 0 Å². The van der Waals surface area contributed by atoms with Gasteiger partial charge in [0.1, 0.15) is 5.76 Å². The molecule has 2 heteroatoms. The lowest BCUT2D eigenvalue weighted by molar-refractivity contribution is 0.287. The molecule has 0 aromatic carbocycles. The van der Waals surface area contributed by atoms with Crippen LogP contribution in [0.15, 0.2) is 36.6 Å². The number of unbranched alkanes of at least 4 members (excludes halogenated alkanes) is 5. The molecule has 0 aliphatic carbocycles. The Morgan fingerprint density at radius 1 is 0.880 bits per heavy atom. The molecule has 0 unspecified atom stereocenters. The second-order valence-corrected chi connectivity index (χ2v) is 5.47. The van der Waals surface area contributed by atoms with Crippen molar-refractivity contribution in [3.63, 3.8) is 0 Å². The molecule has 0 aliphatic heterocycles. The van der Waals surface area contributed by atoms with E-state index in [1.807, 2.05) is 33.8 Å². The van der Waals surface area contributed by atoms with Crippen molar-refractivity contribution in [2.75, 3.05) is 26.7 Å². The van der Waals surface area contributed by atoms with Crippen molar-refractivity contribution in [2.24, 2.45) is 0 Å². The van der Waals surface area contributed by atoms with Gasteiger partial charge in [-0.25, -0.2) is 0 Å². The minimum absolute atomic E-state index is 0.812. The van der Waals surface area contributed by atoms with Crippen molar-refractivity contribution < 1.29 is 4.74 Å². The van der Waals surface area contributed by atoms with Gasteiger partial charge in [-0.1, -0.05) is 92.4 Å². The van der Waals surface area contributed by atoms with Gasteiger partial charge in [-0.2, -0.15) is 0 Å². The van der Waals surface area contributed by atoms with E-state index >= 15 is 0 Å². The zero-order valence-corrected chi connectivity index (χ0v) is 18.4. The Morgan fingerprint density at radius 3 is 1.88 bits per heavy atom. The summed E-state index contributed by atoms with van der Waals surface area (Å²) in [6, 6.07) is 0. The molecule has 0 saturated carbocycles. The van der Waals surface area contributed by atoms with Crippen LogP contribution in [0.1, 0.15) is 86.5 Å². The van der Waals surface area contributed by atoms with Crippen molar-refractivity contribution in [1.29, 1.82) is 0 Å². The minimum atomic E-state index is 0.812. The van der Waals surface area contributed by atoms with Gasteiger partial charge in [0.05, 0.1) is 7.11 Å². The largest absolute Gasteiger partial charge is 0.497 e. The van der Waals surface area contributed by atoms with E-state index in [2.05, 4.69) is 37.5 Å². The monoisotopic (exact) mass is 353 g/mol. The highest BCUT2D eigenvalue weighted by Crippen LogP contribution is 2.04. The average molecular weight is 354 g/mol. The molecular formula is C23H47NO. The summed E-state index contributed by atoms with van der Waals surface area (Å²) in [6.07, 6.45) is 17.3. The summed E-state index contributed by atoms with van der Waals surface area (Å²) in [5.74, 6) is 0.812. The number of nitrogens with zero attached hydrogens (tertiary/aromatic N) is 1. The normalized spacial score (nSPS) is 10.8. The predicted molar refractivity (Wildman–Crippen MR) is 117 cm³/mol. The highest BCUT2D eigenvalue weighted by molar-refractivity contribution is 5.16. The molecule has 0 saturated heterocycles. The van der Waals surface area contributed by atoms with Gasteiger partial charge < -0.3 is 4.74 Å². The van der Waals surface area contributed by atoms with Crippen LogP contribution in [0.5, 0.6) is 0 Å². The first-order valence-corrected chi connectivity index (χ1v) is 10.5. The lowest BCUT2D eigenvalue weighted by Gasteiger charge is -2.20. The Bertz CT molecular complexity index is 294. The first-order chi connectivity index (χ1) is 12.3. The molecule has 150 valence electrons. The second kappa shape index (κ2) is 27.8. The van der Waals surface area contributed by atoms with Crippen LogP contribution >= 0.6 is 0 Å². The van der Waals surface area contributed by atoms with Gasteiger partial charge in [0, 0.05) is 6.54 Å². The molecule has 0 N–H and O–H groups in total. The van der Waals surface area contributed by atoms with Gasteiger partial charge in [-0.3, -0.25) is 4.90 Å². The van der Waals surface area contributed by atoms with E-state index in [1.54, 1.807) is 13.2 Å². The minimum Gasteiger partial charge on any atom is -0.497 e. The number of hydrogen-bond acceptors (Lipinski definition) is 2. The van der Waals surface area contributed by atoms with Gasteiger partial charge in [-0.15, -0.1) is 0 Å². The summed E-state index contributed by atoms with van der Waals surface area (Å²) in [4.78, 5) is 2.57. The molecule has 2 nitrogen and oxygen atoms in total. The molecular weight excluding hydrogens is 306 g/mol. The average Bonchev–Trinajstić information content (AvgIpc) is 2.68. The quantitative estimate of drug-likeness (QED) is 0.183. The molecule has 25 heavy (non-hydrogen) atoms. The van der Waals surface area contributed by atoms with Crippen LogP contribution in [0.3, 0.4) is 0 Å². The Hall–Kier alpha value is -1.02. The summed E-state index contributed by atoms with van der Waals surface area (Å²) in [5.41, 5.74) is 0. The number of methoxy groups -OCH3 is 1. The fraction of sp³-hybridized carbons (Fsp3) is 0.739. The van der Waals surface area contributed by atoms with E-state index < -0.39 is 0 Å². The lowest BCUT2D eigenvalue weighted by Crippen LogP contribution is -2.26. The van der Waals surface area contributed by atoms with Crippen LogP contribution in [-0.2, 0) is 4.74 Å². The van der Waals surface area contributed by atoms with Crippen LogP contribution in [0.4, 0.5) is 0 Å². The van der Waals surface area contributed by atoms with Gasteiger partial charge >= 0.3 is 0 Å². The Labute approximate surface area is 160 Å². The summed E-state index contributed by atoms with van der Waals surface area (Å²) < 4.78 is 5.16. The third-order valence-electron chi connectivity index (χ3n) is 3.60. The summed E-state index contributed by atoms with van der Waals surface area (Å²) in [5, 5.41) is 0. The molecule has 0 spiro atoms. The predicted octanol–water partition coefficient (Wildman–Crippen LogP) is 7.38. The fourth-order valence-corrected chi connectivity index (χ4v) is 2.23. The lowest BCUT2D eigenvalue weighted by atomic mass is 10.2. The zero-order valence-electron chi connectivity index (χ0n) is 18.4. The summed E-state index contributed by atoms with van der Waals surface area (Å²) in [6.45, 7) is 19.7. The van der Waals surface area contributed by atoms with Crippen LogP contribution in [0.25, 0.3) is 0 Å². The maximum absolute atomic E-state index is 5.16. The standard InChI is InChI=1S/C19H35NO.2C2H6/c1-5-8-10-13-17-20(16-12-9-6-2)18-14-11-15-19(7-3)21-4;2*1-2/h7,11,14-15H,3,5-6,8-10,12-13,16-18H2,1-2,4H3;2*1-2H3/b14-11+,19-15+;;. The van der Waals surface area contributed by atoms with E-state index in [1.165, 1.54) is 58.0 Å². The molecule has 0 atom stereocenters. The molecule has 0 bridgehead atoms. The third-order valence-corrected chi connectivity index (χ3v) is 3.60. The van der Waals surface area contributed by atoms with Gasteiger partial charge in [0.15, 0.2) is 0 Å². The number of allylic oxidation sites excluding steroid dienone is 3. The van der Waals surface area contributed by atoms with Crippen molar-refractivity contribution in [2.45, 2.75) is 86.5 Å². The van der Waals surface area contributed by atoms with Crippen molar-refractivity contribution in [3.05, 3.63) is 36.6 Å². The van der Waals surface area contributed by atoms with E-state index in [9.17, 15) is 0 Å². The molecule has 0 fully saturated rings. The van der Waals surface area contributed by atoms with Crippen LogP contribution in [0, 0.1) is 0 Å². The molecule has 0 radical (unpaired) electrons. The Morgan fingerprint density at radius 2 is 1.40 bits per heavy atom. The van der Waals surface area contributed by atoms with E-state index in [0.29, 0.717) is 0 Å². The first kappa shape index (κ1) is 28.8. The smallest absolute Gasteiger partial charge is 0.118 e.